The summed E-state index contributed by atoms with van der Waals surface area (Å²) < 4.78 is 0. The topological polar surface area (TPSA) is 37.3 Å². The third-order valence-electron chi connectivity index (χ3n) is 11.5. The van der Waals surface area contributed by atoms with Crippen LogP contribution in [0.15, 0.2) is 23.8 Å². The van der Waals surface area contributed by atoms with Crippen LogP contribution in [0.2, 0.25) is 0 Å². The second kappa shape index (κ2) is 6.33. The van der Waals surface area contributed by atoms with Crippen LogP contribution in [0.25, 0.3) is 0 Å². The van der Waals surface area contributed by atoms with E-state index >= 15 is 0 Å². The SMILES string of the molecule is CC(=O)[C@H]1CC(CC2C=CC23CC3)C2C3CC=C4C[C@@H](O)CC[C@]4(C)C3CCC21C. The number of hydrogen-bond donors (Lipinski definition) is 1. The van der Waals surface area contributed by atoms with Crippen LogP contribution in [-0.2, 0) is 4.79 Å². The van der Waals surface area contributed by atoms with Gasteiger partial charge in [-0.2, -0.15) is 0 Å². The lowest BCUT2D eigenvalue weighted by molar-refractivity contribution is -0.127. The van der Waals surface area contributed by atoms with Gasteiger partial charge in [0.25, 0.3) is 0 Å². The van der Waals surface area contributed by atoms with Crippen LogP contribution >= 0.6 is 0 Å². The molecule has 0 bridgehead atoms. The van der Waals surface area contributed by atoms with E-state index in [-0.39, 0.29) is 22.9 Å². The molecule has 1 N–H and O–H groups in total. The molecule has 30 heavy (non-hydrogen) atoms. The molecule has 0 aromatic rings. The Morgan fingerprint density at radius 2 is 1.97 bits per heavy atom. The van der Waals surface area contributed by atoms with Crippen molar-refractivity contribution in [2.45, 2.75) is 91.1 Å². The van der Waals surface area contributed by atoms with Gasteiger partial charge in [0.1, 0.15) is 5.78 Å². The van der Waals surface area contributed by atoms with Crippen LogP contribution in [0.5, 0.6) is 0 Å². The molecule has 164 valence electrons. The maximum atomic E-state index is 12.8. The van der Waals surface area contributed by atoms with E-state index in [2.05, 4.69) is 32.1 Å². The van der Waals surface area contributed by atoms with Gasteiger partial charge < -0.3 is 5.11 Å². The Balaban J connectivity index is 1.34. The van der Waals surface area contributed by atoms with Crippen molar-refractivity contribution in [3.05, 3.63) is 23.8 Å². The zero-order valence-corrected chi connectivity index (χ0v) is 19.2. The normalized spacial score (nSPS) is 52.7. The van der Waals surface area contributed by atoms with Gasteiger partial charge in [0.15, 0.2) is 0 Å². The van der Waals surface area contributed by atoms with Crippen molar-refractivity contribution in [2.24, 2.45) is 51.8 Å². The third kappa shape index (κ3) is 2.55. The molecule has 4 fully saturated rings. The summed E-state index contributed by atoms with van der Waals surface area (Å²) in [5, 5.41) is 10.3. The molecule has 2 nitrogen and oxygen atoms in total. The monoisotopic (exact) mass is 408 g/mol. The van der Waals surface area contributed by atoms with E-state index in [0.717, 1.165) is 49.4 Å². The Hall–Kier alpha value is -0.890. The van der Waals surface area contributed by atoms with Gasteiger partial charge in [-0.3, -0.25) is 4.79 Å². The van der Waals surface area contributed by atoms with Gasteiger partial charge >= 0.3 is 0 Å². The maximum Gasteiger partial charge on any atom is 0.133 e. The van der Waals surface area contributed by atoms with Crippen LogP contribution in [0.1, 0.15) is 85.0 Å². The first-order valence-electron chi connectivity index (χ1n) is 12.8. The number of aliphatic hydroxyl groups is 1. The van der Waals surface area contributed by atoms with Gasteiger partial charge in [-0.25, -0.2) is 0 Å². The summed E-state index contributed by atoms with van der Waals surface area (Å²) in [6.07, 6.45) is 19.4. The number of fused-ring (bicyclic) bond motifs is 5. The molecule has 4 saturated carbocycles. The minimum absolute atomic E-state index is 0.129. The van der Waals surface area contributed by atoms with Crippen molar-refractivity contribution in [1.29, 1.82) is 0 Å². The van der Waals surface area contributed by atoms with Crippen LogP contribution in [-0.4, -0.2) is 17.0 Å². The highest BCUT2D eigenvalue weighted by Crippen LogP contribution is 2.70. The summed E-state index contributed by atoms with van der Waals surface area (Å²) in [7, 11) is 0. The number of carbonyl (C=O) groups is 1. The van der Waals surface area contributed by atoms with Crippen molar-refractivity contribution < 1.29 is 9.90 Å². The fourth-order valence-corrected chi connectivity index (χ4v) is 9.63. The first kappa shape index (κ1) is 19.8. The van der Waals surface area contributed by atoms with E-state index in [1.165, 1.54) is 38.5 Å². The van der Waals surface area contributed by atoms with E-state index in [9.17, 15) is 9.90 Å². The van der Waals surface area contributed by atoms with Gasteiger partial charge in [-0.15, -0.1) is 0 Å². The molecular weight excluding hydrogens is 368 g/mol. The Bertz CT molecular complexity index is 816. The summed E-state index contributed by atoms with van der Waals surface area (Å²) >= 11 is 0. The van der Waals surface area contributed by atoms with Gasteiger partial charge in [0.05, 0.1) is 6.10 Å². The van der Waals surface area contributed by atoms with Crippen molar-refractivity contribution in [3.63, 3.8) is 0 Å². The van der Waals surface area contributed by atoms with Crippen molar-refractivity contribution in [3.8, 4) is 0 Å². The minimum atomic E-state index is -0.129. The molecule has 0 amide bonds. The zero-order valence-electron chi connectivity index (χ0n) is 19.2. The highest BCUT2D eigenvalue weighted by atomic mass is 16.3. The first-order valence-corrected chi connectivity index (χ1v) is 12.8. The third-order valence-corrected chi connectivity index (χ3v) is 11.5. The number of hydrogen-bond acceptors (Lipinski definition) is 2. The molecule has 6 rings (SSSR count). The lowest BCUT2D eigenvalue weighted by Crippen LogP contribution is -2.52. The highest BCUT2D eigenvalue weighted by molar-refractivity contribution is 5.79. The number of aliphatic hydroxyl groups excluding tert-OH is 1. The van der Waals surface area contributed by atoms with E-state index < -0.39 is 0 Å². The summed E-state index contributed by atoms with van der Waals surface area (Å²) in [5.41, 5.74) is 2.63. The molecule has 0 radical (unpaired) electrons. The smallest absolute Gasteiger partial charge is 0.133 e. The molecule has 9 atom stereocenters. The Morgan fingerprint density at radius 3 is 2.63 bits per heavy atom. The number of rotatable bonds is 3. The summed E-state index contributed by atoms with van der Waals surface area (Å²) in [6, 6.07) is 0. The molecule has 0 saturated heterocycles. The van der Waals surface area contributed by atoms with E-state index in [1.54, 1.807) is 5.57 Å². The Labute approximate surface area is 182 Å². The average molecular weight is 409 g/mol. The molecule has 2 heteroatoms. The number of carbonyl (C=O) groups excluding carboxylic acids is 1. The van der Waals surface area contributed by atoms with Crippen molar-refractivity contribution in [1.82, 2.24) is 0 Å². The summed E-state index contributed by atoms with van der Waals surface area (Å²) in [6.45, 7) is 6.88. The number of Topliss-reactive ketones (excluding diaryl/α,β-unsaturated/α-hetero) is 1. The number of allylic oxidation sites excluding steroid dienone is 3. The standard InChI is InChI=1S/C28H40O2/c1-17(29)24-15-18(14-20-6-11-28(20)12-13-28)25-22-5-4-19-16-21(30)7-9-26(19,2)23(22)8-10-27(24,25)3/h4,6,11,18,20-25,30H,5,7-10,12-16H2,1-3H3/t18?,20?,21-,22?,23?,24+,25?,26-,27?/m0/s1. The van der Waals surface area contributed by atoms with Crippen LogP contribution < -0.4 is 0 Å². The van der Waals surface area contributed by atoms with E-state index in [1.807, 2.05) is 6.92 Å². The minimum Gasteiger partial charge on any atom is -0.393 e. The summed E-state index contributed by atoms with van der Waals surface area (Å²) in [5.74, 6) is 4.43. The second-order valence-corrected chi connectivity index (χ2v) is 12.7. The average Bonchev–Trinajstić information content (AvgIpc) is 3.46. The molecule has 6 aliphatic rings. The van der Waals surface area contributed by atoms with Crippen LogP contribution in [0.3, 0.4) is 0 Å². The molecule has 6 unspecified atom stereocenters. The number of ketones is 1. The first-order chi connectivity index (χ1) is 14.3. The molecule has 1 spiro atoms. The highest BCUT2D eigenvalue weighted by Gasteiger charge is 2.63. The molecule has 0 aliphatic heterocycles. The van der Waals surface area contributed by atoms with Crippen molar-refractivity contribution in [2.75, 3.05) is 0 Å². The van der Waals surface area contributed by atoms with Gasteiger partial charge in [-0.1, -0.05) is 37.6 Å². The predicted molar refractivity (Wildman–Crippen MR) is 120 cm³/mol. The van der Waals surface area contributed by atoms with Gasteiger partial charge in [0, 0.05) is 5.92 Å². The van der Waals surface area contributed by atoms with Crippen LogP contribution in [0, 0.1) is 51.8 Å². The quantitative estimate of drug-likeness (QED) is 0.573. The predicted octanol–water partition coefficient (Wildman–Crippen LogP) is 6.10. The Morgan fingerprint density at radius 1 is 1.17 bits per heavy atom. The second-order valence-electron chi connectivity index (χ2n) is 12.7. The van der Waals surface area contributed by atoms with Gasteiger partial charge in [0.2, 0.25) is 0 Å². The molecular formula is C28H40O2. The van der Waals surface area contributed by atoms with E-state index in [4.69, 9.17) is 0 Å². The molecule has 6 aliphatic carbocycles. The lowest BCUT2D eigenvalue weighted by Gasteiger charge is -2.58. The van der Waals surface area contributed by atoms with Gasteiger partial charge in [-0.05, 0) is 117 Å². The van der Waals surface area contributed by atoms with E-state index in [0.29, 0.717) is 17.1 Å². The largest absolute Gasteiger partial charge is 0.393 e. The zero-order chi connectivity index (χ0) is 20.9. The fourth-order valence-electron chi connectivity index (χ4n) is 9.63. The van der Waals surface area contributed by atoms with Crippen molar-refractivity contribution >= 4 is 5.78 Å². The molecule has 0 aromatic heterocycles. The molecule has 0 aromatic carbocycles. The fraction of sp³-hybridized carbons (Fsp3) is 0.821. The lowest BCUT2D eigenvalue weighted by atomic mass is 9.46. The Kier molecular flexibility index (Phi) is 4.17. The summed E-state index contributed by atoms with van der Waals surface area (Å²) in [4.78, 5) is 12.8. The van der Waals surface area contributed by atoms with Crippen LogP contribution in [0.4, 0.5) is 0 Å². The maximum absolute atomic E-state index is 12.8. The molecule has 0 heterocycles.